The van der Waals surface area contributed by atoms with Crippen molar-refractivity contribution in [3.05, 3.63) is 65.0 Å². The molecule has 2 heterocycles. The van der Waals surface area contributed by atoms with Gasteiger partial charge in [0.05, 0.1) is 12.2 Å². The molecule has 0 aliphatic carbocycles. The fraction of sp³-hybridized carbons (Fsp3) is 0.176. The van der Waals surface area contributed by atoms with Gasteiger partial charge in [-0.1, -0.05) is 28.1 Å². The Bertz CT molecular complexity index is 783. The molecule has 5 heteroatoms. The summed E-state index contributed by atoms with van der Waals surface area (Å²) in [6.07, 6.45) is 4.19. The zero-order chi connectivity index (χ0) is 15.4. The van der Waals surface area contributed by atoms with Gasteiger partial charge in [-0.25, -0.2) is 0 Å². The van der Waals surface area contributed by atoms with E-state index in [9.17, 15) is 4.79 Å². The summed E-state index contributed by atoms with van der Waals surface area (Å²) >= 11 is 3.48. The molecule has 0 aliphatic rings. The van der Waals surface area contributed by atoms with Crippen LogP contribution < -0.4 is 5.32 Å². The summed E-state index contributed by atoms with van der Waals surface area (Å²) in [7, 11) is 0. The molecular weight excluding hydrogens is 342 g/mol. The first-order valence-electron chi connectivity index (χ1n) is 7.13. The minimum absolute atomic E-state index is 0.0301. The van der Waals surface area contributed by atoms with Crippen molar-refractivity contribution < 1.29 is 4.79 Å². The maximum Gasteiger partial charge on any atom is 0.222 e. The number of amides is 1. The van der Waals surface area contributed by atoms with Crippen molar-refractivity contribution in [3.63, 3.8) is 0 Å². The van der Waals surface area contributed by atoms with Crippen molar-refractivity contribution in [3.8, 4) is 0 Å². The lowest BCUT2D eigenvalue weighted by molar-refractivity contribution is -0.121. The largest absolute Gasteiger partial charge is 0.350 e. The average molecular weight is 358 g/mol. The summed E-state index contributed by atoms with van der Waals surface area (Å²) in [5.41, 5.74) is 2.00. The molecule has 3 rings (SSSR count). The highest BCUT2D eigenvalue weighted by molar-refractivity contribution is 9.10. The molecule has 0 bridgehead atoms. The zero-order valence-electron chi connectivity index (χ0n) is 12.0. The van der Waals surface area contributed by atoms with Gasteiger partial charge in [0, 0.05) is 35.3 Å². The van der Waals surface area contributed by atoms with Crippen LogP contribution in [0.3, 0.4) is 0 Å². The van der Waals surface area contributed by atoms with Crippen molar-refractivity contribution >= 4 is 32.7 Å². The number of nitrogens with one attached hydrogen (secondary N) is 1. The number of pyridine rings is 1. The summed E-state index contributed by atoms with van der Waals surface area (Å²) in [5, 5.41) is 4.07. The van der Waals surface area contributed by atoms with E-state index in [-0.39, 0.29) is 5.91 Å². The van der Waals surface area contributed by atoms with E-state index in [4.69, 9.17) is 0 Å². The molecule has 4 nitrogen and oxygen atoms in total. The van der Waals surface area contributed by atoms with E-state index >= 15 is 0 Å². The number of hydrogen-bond donors (Lipinski definition) is 1. The van der Waals surface area contributed by atoms with Crippen LogP contribution in [0.5, 0.6) is 0 Å². The smallest absolute Gasteiger partial charge is 0.222 e. The molecule has 0 unspecified atom stereocenters. The van der Waals surface area contributed by atoms with Crippen LogP contribution in [-0.2, 0) is 17.9 Å². The molecule has 112 valence electrons. The van der Waals surface area contributed by atoms with Gasteiger partial charge in [0.2, 0.25) is 5.91 Å². The molecule has 0 fully saturated rings. The first-order chi connectivity index (χ1) is 10.7. The molecule has 0 radical (unpaired) electrons. The fourth-order valence-electron chi connectivity index (χ4n) is 2.35. The summed E-state index contributed by atoms with van der Waals surface area (Å²) in [6.45, 7) is 1.13. The highest BCUT2D eigenvalue weighted by Crippen LogP contribution is 2.21. The van der Waals surface area contributed by atoms with Crippen LogP contribution in [0.4, 0.5) is 0 Å². The number of rotatable bonds is 5. The van der Waals surface area contributed by atoms with Gasteiger partial charge in [0.15, 0.2) is 0 Å². The SMILES string of the molecule is O=C(CCn1ccc2ccc(Br)cc21)NCc1ccccn1. The van der Waals surface area contributed by atoms with Crippen molar-refractivity contribution in [1.82, 2.24) is 14.9 Å². The molecule has 22 heavy (non-hydrogen) atoms. The third-order valence-corrected chi connectivity index (χ3v) is 4.00. The van der Waals surface area contributed by atoms with Gasteiger partial charge in [-0.3, -0.25) is 9.78 Å². The van der Waals surface area contributed by atoms with Crippen molar-refractivity contribution in [2.75, 3.05) is 0 Å². The third-order valence-electron chi connectivity index (χ3n) is 3.51. The number of carbonyl (C=O) groups excluding carboxylic acids is 1. The maximum absolute atomic E-state index is 12.0. The number of fused-ring (bicyclic) bond motifs is 1. The molecule has 0 spiro atoms. The molecule has 0 saturated carbocycles. The number of aryl methyl sites for hydroxylation is 1. The van der Waals surface area contributed by atoms with Gasteiger partial charge in [-0.05, 0) is 35.7 Å². The fourth-order valence-corrected chi connectivity index (χ4v) is 2.70. The molecule has 1 aromatic carbocycles. The van der Waals surface area contributed by atoms with Gasteiger partial charge in [-0.2, -0.15) is 0 Å². The molecule has 3 aromatic rings. The Balaban J connectivity index is 1.57. The van der Waals surface area contributed by atoms with Crippen molar-refractivity contribution in [2.45, 2.75) is 19.5 Å². The van der Waals surface area contributed by atoms with Crippen LogP contribution in [0.1, 0.15) is 12.1 Å². The highest BCUT2D eigenvalue weighted by atomic mass is 79.9. The Morgan fingerprint density at radius 3 is 2.95 bits per heavy atom. The van der Waals surface area contributed by atoms with Gasteiger partial charge in [-0.15, -0.1) is 0 Å². The topological polar surface area (TPSA) is 46.9 Å². The predicted octanol–water partition coefficient (Wildman–Crippen LogP) is 3.51. The van der Waals surface area contributed by atoms with E-state index in [0.717, 1.165) is 15.7 Å². The van der Waals surface area contributed by atoms with Gasteiger partial charge < -0.3 is 9.88 Å². The number of aromatic nitrogens is 2. The summed E-state index contributed by atoms with van der Waals surface area (Å²) in [6, 6.07) is 13.9. The van der Waals surface area contributed by atoms with Crippen LogP contribution in [0.15, 0.2) is 59.3 Å². The van der Waals surface area contributed by atoms with E-state index in [1.807, 2.05) is 30.5 Å². The van der Waals surface area contributed by atoms with Crippen molar-refractivity contribution in [2.24, 2.45) is 0 Å². The Morgan fingerprint density at radius 1 is 1.23 bits per heavy atom. The number of nitrogens with zero attached hydrogens (tertiary/aromatic N) is 2. The van der Waals surface area contributed by atoms with Gasteiger partial charge in [0.1, 0.15) is 0 Å². The van der Waals surface area contributed by atoms with Gasteiger partial charge in [0.25, 0.3) is 0 Å². The first-order valence-corrected chi connectivity index (χ1v) is 7.93. The lowest BCUT2D eigenvalue weighted by Gasteiger charge is -2.07. The Labute approximate surface area is 137 Å². The predicted molar refractivity (Wildman–Crippen MR) is 90.3 cm³/mol. The van der Waals surface area contributed by atoms with E-state index in [1.165, 1.54) is 5.39 Å². The van der Waals surface area contributed by atoms with Crippen LogP contribution in [0.2, 0.25) is 0 Å². The summed E-state index contributed by atoms with van der Waals surface area (Å²) in [5.74, 6) is 0.0301. The Hall–Kier alpha value is -2.14. The summed E-state index contributed by atoms with van der Waals surface area (Å²) in [4.78, 5) is 16.1. The lowest BCUT2D eigenvalue weighted by Crippen LogP contribution is -2.24. The normalized spacial score (nSPS) is 10.8. The second-order valence-corrected chi connectivity index (χ2v) is 5.98. The number of benzene rings is 1. The Morgan fingerprint density at radius 2 is 2.14 bits per heavy atom. The molecule has 1 amide bonds. The molecule has 2 aromatic heterocycles. The maximum atomic E-state index is 12.0. The average Bonchev–Trinajstić information content (AvgIpc) is 2.94. The van der Waals surface area contributed by atoms with Crippen LogP contribution in [0, 0.1) is 0 Å². The molecule has 1 N–H and O–H groups in total. The van der Waals surface area contributed by atoms with Gasteiger partial charge >= 0.3 is 0 Å². The highest BCUT2D eigenvalue weighted by Gasteiger charge is 2.05. The third kappa shape index (κ3) is 3.54. The second kappa shape index (κ2) is 6.75. The van der Waals surface area contributed by atoms with Crippen molar-refractivity contribution in [1.29, 1.82) is 0 Å². The molecule has 0 saturated heterocycles. The van der Waals surface area contributed by atoms with E-state index in [2.05, 4.69) is 49.0 Å². The molecular formula is C17H16BrN3O. The zero-order valence-corrected chi connectivity index (χ0v) is 13.6. The van der Waals surface area contributed by atoms with Crippen LogP contribution in [0.25, 0.3) is 10.9 Å². The monoisotopic (exact) mass is 357 g/mol. The van der Waals surface area contributed by atoms with E-state index in [1.54, 1.807) is 6.20 Å². The minimum atomic E-state index is 0.0301. The minimum Gasteiger partial charge on any atom is -0.350 e. The van der Waals surface area contributed by atoms with E-state index < -0.39 is 0 Å². The second-order valence-electron chi connectivity index (χ2n) is 5.06. The van der Waals surface area contributed by atoms with Crippen LogP contribution >= 0.6 is 15.9 Å². The summed E-state index contributed by atoms with van der Waals surface area (Å²) < 4.78 is 3.14. The molecule has 0 atom stereocenters. The molecule has 0 aliphatic heterocycles. The van der Waals surface area contributed by atoms with E-state index in [0.29, 0.717) is 19.5 Å². The first kappa shape index (κ1) is 14.8. The van der Waals surface area contributed by atoms with Crippen LogP contribution in [-0.4, -0.2) is 15.5 Å². The quantitative estimate of drug-likeness (QED) is 0.759. The number of halogens is 1. The number of hydrogen-bond acceptors (Lipinski definition) is 2. The lowest BCUT2D eigenvalue weighted by atomic mass is 10.2. The number of carbonyl (C=O) groups is 1. The standard InChI is InChI=1S/C17H16BrN3O/c18-14-5-4-13-6-9-21(16(13)11-14)10-7-17(22)20-12-15-3-1-2-8-19-15/h1-6,8-9,11H,7,10,12H2,(H,20,22). The Kier molecular flexibility index (Phi) is 4.53.